The summed E-state index contributed by atoms with van der Waals surface area (Å²) in [5, 5.41) is 0. The fourth-order valence-electron chi connectivity index (χ4n) is 1.75. The number of para-hydroxylation sites is 1. The van der Waals surface area contributed by atoms with E-state index in [1.807, 2.05) is 30.3 Å². The third-order valence-electron chi connectivity index (χ3n) is 2.84. The molecule has 0 aliphatic carbocycles. The Hall–Kier alpha value is -1.02. The monoisotopic (exact) mass is 250 g/mol. The average Bonchev–Trinajstić information content (AvgIpc) is 2.42. The highest BCUT2D eigenvalue weighted by Gasteiger charge is 1.93. The molecule has 0 bridgehead atoms. The molecule has 0 N–H and O–H groups in total. The van der Waals surface area contributed by atoms with Crippen LogP contribution in [0.4, 0.5) is 0 Å². The third kappa shape index (κ3) is 8.13. The van der Waals surface area contributed by atoms with Gasteiger partial charge in [0.1, 0.15) is 5.75 Å². The number of unbranched alkanes of at least 4 members (excludes halogenated alkanes) is 4. The van der Waals surface area contributed by atoms with Crippen LogP contribution in [0.1, 0.15) is 45.4 Å². The van der Waals surface area contributed by atoms with E-state index in [9.17, 15) is 0 Å². The van der Waals surface area contributed by atoms with E-state index in [0.29, 0.717) is 0 Å². The standard InChI is InChI=1S/C16H26O2/c1-2-3-8-13-17-14-9-5-10-15-18-16-11-6-4-7-12-16/h4,6-7,11-12H,2-3,5,8-10,13-15H2,1H3. The maximum Gasteiger partial charge on any atom is 0.119 e. The van der Waals surface area contributed by atoms with Gasteiger partial charge in [0.15, 0.2) is 0 Å². The fourth-order valence-corrected chi connectivity index (χ4v) is 1.75. The van der Waals surface area contributed by atoms with Crippen molar-refractivity contribution in [2.24, 2.45) is 0 Å². The second-order valence-corrected chi connectivity index (χ2v) is 4.54. The highest BCUT2D eigenvalue weighted by Crippen LogP contribution is 2.09. The van der Waals surface area contributed by atoms with Crippen molar-refractivity contribution in [3.63, 3.8) is 0 Å². The van der Waals surface area contributed by atoms with Gasteiger partial charge in [0.2, 0.25) is 0 Å². The lowest BCUT2D eigenvalue weighted by molar-refractivity contribution is 0.125. The molecule has 0 aliphatic heterocycles. The van der Waals surface area contributed by atoms with Crippen LogP contribution in [0.3, 0.4) is 0 Å². The second-order valence-electron chi connectivity index (χ2n) is 4.54. The van der Waals surface area contributed by atoms with Crippen molar-refractivity contribution in [2.75, 3.05) is 19.8 Å². The average molecular weight is 250 g/mol. The predicted molar refractivity (Wildman–Crippen MR) is 76.1 cm³/mol. The van der Waals surface area contributed by atoms with Crippen LogP contribution in [0.2, 0.25) is 0 Å². The van der Waals surface area contributed by atoms with E-state index in [4.69, 9.17) is 9.47 Å². The highest BCUT2D eigenvalue weighted by molar-refractivity contribution is 5.20. The molecule has 0 fully saturated rings. The van der Waals surface area contributed by atoms with E-state index in [1.165, 1.54) is 25.7 Å². The Morgan fingerprint density at radius 3 is 2.17 bits per heavy atom. The van der Waals surface area contributed by atoms with Gasteiger partial charge in [-0.2, -0.15) is 0 Å². The first-order valence-corrected chi connectivity index (χ1v) is 7.19. The predicted octanol–water partition coefficient (Wildman–Crippen LogP) is 4.44. The van der Waals surface area contributed by atoms with Crippen LogP contribution < -0.4 is 4.74 Å². The van der Waals surface area contributed by atoms with Crippen molar-refractivity contribution >= 4 is 0 Å². The normalized spacial score (nSPS) is 10.5. The molecule has 102 valence electrons. The summed E-state index contributed by atoms with van der Waals surface area (Å²) in [4.78, 5) is 0. The molecular formula is C16H26O2. The molecule has 0 radical (unpaired) electrons. The summed E-state index contributed by atoms with van der Waals surface area (Å²) in [5.41, 5.74) is 0. The molecule has 18 heavy (non-hydrogen) atoms. The summed E-state index contributed by atoms with van der Waals surface area (Å²) in [6.45, 7) is 4.84. The van der Waals surface area contributed by atoms with Crippen LogP contribution in [-0.2, 0) is 4.74 Å². The minimum absolute atomic E-state index is 0.805. The van der Waals surface area contributed by atoms with Crippen molar-refractivity contribution < 1.29 is 9.47 Å². The molecule has 1 aromatic rings. The molecule has 0 heterocycles. The van der Waals surface area contributed by atoms with E-state index in [1.54, 1.807) is 0 Å². The lowest BCUT2D eigenvalue weighted by atomic mass is 10.2. The molecule has 0 unspecified atom stereocenters. The molecule has 1 rings (SSSR count). The summed E-state index contributed by atoms with van der Waals surface area (Å²) in [6, 6.07) is 10.00. The maximum absolute atomic E-state index is 5.62. The first kappa shape index (κ1) is 15.0. The van der Waals surface area contributed by atoms with Crippen molar-refractivity contribution in [3.8, 4) is 5.75 Å². The van der Waals surface area contributed by atoms with E-state index < -0.39 is 0 Å². The van der Waals surface area contributed by atoms with Crippen LogP contribution in [0.25, 0.3) is 0 Å². The first-order chi connectivity index (χ1) is 8.93. The van der Waals surface area contributed by atoms with Crippen LogP contribution in [0.5, 0.6) is 5.75 Å². The molecule has 0 saturated heterocycles. The minimum atomic E-state index is 0.805. The Labute approximate surface area is 111 Å². The van der Waals surface area contributed by atoms with Crippen molar-refractivity contribution in [3.05, 3.63) is 30.3 Å². The number of benzene rings is 1. The molecule has 0 aromatic heterocycles. The Bertz CT molecular complexity index is 272. The topological polar surface area (TPSA) is 18.5 Å². The number of hydrogen-bond acceptors (Lipinski definition) is 2. The number of rotatable bonds is 11. The SMILES string of the molecule is CCCCCOCCCCCOc1ccccc1. The molecule has 0 atom stereocenters. The molecule has 2 heteroatoms. The van der Waals surface area contributed by atoms with E-state index in [-0.39, 0.29) is 0 Å². The maximum atomic E-state index is 5.62. The highest BCUT2D eigenvalue weighted by atomic mass is 16.5. The quantitative estimate of drug-likeness (QED) is 0.540. The zero-order valence-electron chi connectivity index (χ0n) is 11.6. The van der Waals surface area contributed by atoms with Gasteiger partial charge in [0.25, 0.3) is 0 Å². The molecule has 0 spiro atoms. The summed E-state index contributed by atoms with van der Waals surface area (Å²) in [5.74, 6) is 0.966. The third-order valence-corrected chi connectivity index (χ3v) is 2.84. The minimum Gasteiger partial charge on any atom is -0.494 e. The van der Waals surface area contributed by atoms with Crippen LogP contribution >= 0.6 is 0 Å². The lowest BCUT2D eigenvalue weighted by Crippen LogP contribution is -2.00. The van der Waals surface area contributed by atoms with Gasteiger partial charge >= 0.3 is 0 Å². The number of ether oxygens (including phenoxy) is 2. The van der Waals surface area contributed by atoms with Crippen molar-refractivity contribution in [1.82, 2.24) is 0 Å². The van der Waals surface area contributed by atoms with Crippen LogP contribution in [0.15, 0.2) is 30.3 Å². The van der Waals surface area contributed by atoms with Gasteiger partial charge in [-0.25, -0.2) is 0 Å². The molecule has 1 aromatic carbocycles. The van der Waals surface area contributed by atoms with Gasteiger partial charge < -0.3 is 9.47 Å². The van der Waals surface area contributed by atoms with Gasteiger partial charge in [-0.15, -0.1) is 0 Å². The Balaban J connectivity index is 1.82. The molecule has 0 aliphatic rings. The molecular weight excluding hydrogens is 224 g/mol. The largest absolute Gasteiger partial charge is 0.494 e. The summed E-state index contributed by atoms with van der Waals surface area (Å²) < 4.78 is 11.2. The fraction of sp³-hybridized carbons (Fsp3) is 0.625. The van der Waals surface area contributed by atoms with Crippen LogP contribution in [0, 0.1) is 0 Å². The van der Waals surface area contributed by atoms with Gasteiger partial charge in [0, 0.05) is 13.2 Å². The Morgan fingerprint density at radius 1 is 0.778 bits per heavy atom. The van der Waals surface area contributed by atoms with Gasteiger partial charge in [-0.05, 0) is 37.8 Å². The first-order valence-electron chi connectivity index (χ1n) is 7.19. The molecule has 0 saturated carbocycles. The van der Waals surface area contributed by atoms with Crippen molar-refractivity contribution in [2.45, 2.75) is 45.4 Å². The van der Waals surface area contributed by atoms with E-state index >= 15 is 0 Å². The van der Waals surface area contributed by atoms with Crippen LogP contribution in [-0.4, -0.2) is 19.8 Å². The Morgan fingerprint density at radius 2 is 1.44 bits per heavy atom. The number of hydrogen-bond donors (Lipinski definition) is 0. The zero-order valence-corrected chi connectivity index (χ0v) is 11.6. The second kappa shape index (κ2) is 11.1. The molecule has 0 amide bonds. The Kier molecular flexibility index (Phi) is 9.27. The summed E-state index contributed by atoms with van der Waals surface area (Å²) in [6.07, 6.45) is 7.18. The van der Waals surface area contributed by atoms with Gasteiger partial charge in [-0.1, -0.05) is 38.0 Å². The summed E-state index contributed by atoms with van der Waals surface area (Å²) in [7, 11) is 0. The summed E-state index contributed by atoms with van der Waals surface area (Å²) >= 11 is 0. The lowest BCUT2D eigenvalue weighted by Gasteiger charge is -2.06. The van der Waals surface area contributed by atoms with Gasteiger partial charge in [-0.3, -0.25) is 0 Å². The zero-order chi connectivity index (χ0) is 12.9. The van der Waals surface area contributed by atoms with E-state index in [2.05, 4.69) is 6.92 Å². The van der Waals surface area contributed by atoms with Crippen molar-refractivity contribution in [1.29, 1.82) is 0 Å². The van der Waals surface area contributed by atoms with Gasteiger partial charge in [0.05, 0.1) is 6.61 Å². The molecule has 2 nitrogen and oxygen atoms in total. The smallest absolute Gasteiger partial charge is 0.119 e. The van der Waals surface area contributed by atoms with E-state index in [0.717, 1.165) is 38.4 Å².